The number of ether oxygens (including phenoxy) is 2. The van der Waals surface area contributed by atoms with Crippen LogP contribution in [0.2, 0.25) is 0 Å². The minimum absolute atomic E-state index is 0.0306. The fourth-order valence-electron chi connectivity index (χ4n) is 2.97. The fraction of sp³-hybridized carbons (Fsp3) is 0.316. The van der Waals surface area contributed by atoms with Crippen molar-refractivity contribution < 1.29 is 14.3 Å². The molecule has 24 heavy (non-hydrogen) atoms. The number of likely N-dealkylation sites (N-methyl/N-ethyl adjacent to an activating group) is 1. The summed E-state index contributed by atoms with van der Waals surface area (Å²) in [6.07, 6.45) is 1.51. The summed E-state index contributed by atoms with van der Waals surface area (Å²) in [4.78, 5) is 14.7. The molecule has 0 aliphatic carbocycles. The molecule has 1 amide bonds. The van der Waals surface area contributed by atoms with Crippen LogP contribution in [0.3, 0.4) is 0 Å². The van der Waals surface area contributed by atoms with Gasteiger partial charge in [-0.1, -0.05) is 36.4 Å². The molecule has 2 aromatic rings. The van der Waals surface area contributed by atoms with Gasteiger partial charge in [0.1, 0.15) is 0 Å². The molecule has 2 aromatic carbocycles. The molecule has 0 aromatic heterocycles. The van der Waals surface area contributed by atoms with Crippen molar-refractivity contribution in [1.29, 1.82) is 0 Å². The van der Waals surface area contributed by atoms with Crippen LogP contribution in [0.4, 0.5) is 0 Å². The van der Waals surface area contributed by atoms with Crippen LogP contribution in [0, 0.1) is 0 Å². The highest BCUT2D eigenvalue weighted by Gasteiger charge is 2.27. The highest BCUT2D eigenvalue weighted by molar-refractivity contribution is 5.98. The smallest absolute Gasteiger partial charge is 0.257 e. The number of carbonyl (C=O) groups is 1. The Morgan fingerprint density at radius 3 is 2.71 bits per heavy atom. The van der Waals surface area contributed by atoms with Gasteiger partial charge in [0.2, 0.25) is 6.79 Å². The molecule has 0 spiro atoms. The number of nitrogens with zero attached hydrogens (tertiary/aromatic N) is 1. The van der Waals surface area contributed by atoms with Gasteiger partial charge in [-0.05, 0) is 37.1 Å². The molecule has 126 valence electrons. The summed E-state index contributed by atoms with van der Waals surface area (Å²) >= 11 is 0. The number of para-hydroxylation sites is 1. The average Bonchev–Trinajstić information content (AvgIpc) is 3.10. The first kappa shape index (κ1) is 16.3. The second-order valence-electron chi connectivity index (χ2n) is 5.88. The maximum absolute atomic E-state index is 13.0. The lowest BCUT2D eigenvalue weighted by molar-refractivity contribution is 0.0720. The first-order valence-corrected chi connectivity index (χ1v) is 8.10. The van der Waals surface area contributed by atoms with Crippen LogP contribution >= 0.6 is 0 Å². The van der Waals surface area contributed by atoms with Gasteiger partial charge in [0.05, 0.1) is 5.56 Å². The van der Waals surface area contributed by atoms with E-state index in [9.17, 15) is 4.79 Å². The van der Waals surface area contributed by atoms with Crippen molar-refractivity contribution >= 4 is 5.91 Å². The first-order valence-electron chi connectivity index (χ1n) is 8.10. The molecule has 1 heterocycles. The summed E-state index contributed by atoms with van der Waals surface area (Å²) in [7, 11) is 1.82. The minimum Gasteiger partial charge on any atom is -0.454 e. The number of hydrogen-bond acceptors (Lipinski definition) is 4. The molecule has 0 fully saturated rings. The lowest BCUT2D eigenvalue weighted by Gasteiger charge is -2.28. The van der Waals surface area contributed by atoms with E-state index in [0.717, 1.165) is 12.8 Å². The summed E-state index contributed by atoms with van der Waals surface area (Å²) in [6.45, 7) is 0.682. The Hall–Kier alpha value is -2.53. The lowest BCUT2D eigenvalue weighted by Crippen LogP contribution is -2.40. The highest BCUT2D eigenvalue weighted by Crippen LogP contribution is 2.36. The van der Waals surface area contributed by atoms with Gasteiger partial charge in [0.25, 0.3) is 5.91 Å². The van der Waals surface area contributed by atoms with Crippen LogP contribution < -0.4 is 15.2 Å². The Kier molecular flexibility index (Phi) is 5.01. The number of fused-ring (bicyclic) bond motifs is 1. The van der Waals surface area contributed by atoms with Crippen molar-refractivity contribution in [2.45, 2.75) is 18.9 Å². The Morgan fingerprint density at radius 1 is 1.17 bits per heavy atom. The molecule has 0 unspecified atom stereocenters. The SMILES string of the molecule is CN(C(=O)c1cccc2c1OCO2)[C@@H](CCN)Cc1ccccc1. The minimum atomic E-state index is -0.0771. The summed E-state index contributed by atoms with van der Waals surface area (Å²) in [5.41, 5.74) is 7.49. The topological polar surface area (TPSA) is 64.8 Å². The molecule has 1 atom stereocenters. The number of benzene rings is 2. The van der Waals surface area contributed by atoms with E-state index in [0.29, 0.717) is 23.6 Å². The van der Waals surface area contributed by atoms with E-state index < -0.39 is 0 Å². The van der Waals surface area contributed by atoms with Gasteiger partial charge >= 0.3 is 0 Å². The normalized spacial score (nSPS) is 13.6. The van der Waals surface area contributed by atoms with Gasteiger partial charge in [-0.15, -0.1) is 0 Å². The monoisotopic (exact) mass is 326 g/mol. The number of nitrogens with two attached hydrogens (primary N) is 1. The molecule has 0 saturated carbocycles. The van der Waals surface area contributed by atoms with Gasteiger partial charge in [0, 0.05) is 13.1 Å². The van der Waals surface area contributed by atoms with E-state index in [-0.39, 0.29) is 18.7 Å². The summed E-state index contributed by atoms with van der Waals surface area (Å²) in [5, 5.41) is 0. The molecule has 5 nitrogen and oxygen atoms in total. The molecule has 5 heteroatoms. The Balaban J connectivity index is 1.81. The van der Waals surface area contributed by atoms with E-state index in [2.05, 4.69) is 12.1 Å². The molecule has 0 saturated heterocycles. The van der Waals surface area contributed by atoms with Gasteiger partial charge in [0.15, 0.2) is 11.5 Å². The lowest BCUT2D eigenvalue weighted by atomic mass is 10.0. The second-order valence-corrected chi connectivity index (χ2v) is 5.88. The predicted molar refractivity (Wildman–Crippen MR) is 92.3 cm³/mol. The van der Waals surface area contributed by atoms with Gasteiger partial charge in [-0.25, -0.2) is 0 Å². The summed E-state index contributed by atoms with van der Waals surface area (Å²) < 4.78 is 10.8. The third-order valence-corrected chi connectivity index (χ3v) is 4.31. The molecule has 2 N–H and O–H groups in total. The maximum Gasteiger partial charge on any atom is 0.257 e. The van der Waals surface area contributed by atoms with Gasteiger partial charge in [-0.3, -0.25) is 4.79 Å². The van der Waals surface area contributed by atoms with E-state index in [1.54, 1.807) is 17.0 Å². The summed E-state index contributed by atoms with van der Waals surface area (Å²) in [5.74, 6) is 1.07. The third-order valence-electron chi connectivity index (χ3n) is 4.31. The maximum atomic E-state index is 13.0. The number of rotatable bonds is 6. The quantitative estimate of drug-likeness (QED) is 0.885. The van der Waals surface area contributed by atoms with Crippen LogP contribution in [0.1, 0.15) is 22.3 Å². The van der Waals surface area contributed by atoms with Crippen molar-refractivity contribution in [1.82, 2.24) is 4.90 Å². The van der Waals surface area contributed by atoms with E-state index in [1.807, 2.05) is 31.3 Å². The molecule has 0 bridgehead atoms. The standard InChI is InChI=1S/C19H22N2O3/c1-21(15(10-11-20)12-14-6-3-2-4-7-14)19(22)16-8-5-9-17-18(16)24-13-23-17/h2-9,15H,10-13,20H2,1H3/t15-/m0/s1. The highest BCUT2D eigenvalue weighted by atomic mass is 16.7. The number of amides is 1. The Morgan fingerprint density at radius 2 is 1.96 bits per heavy atom. The zero-order valence-electron chi connectivity index (χ0n) is 13.8. The fourth-order valence-corrected chi connectivity index (χ4v) is 2.97. The molecule has 1 aliphatic heterocycles. The molecule has 1 aliphatic rings. The zero-order chi connectivity index (χ0) is 16.9. The molecule has 3 rings (SSSR count). The van der Waals surface area contributed by atoms with Crippen molar-refractivity contribution in [2.24, 2.45) is 5.73 Å². The summed E-state index contributed by atoms with van der Waals surface area (Å²) in [6, 6.07) is 15.6. The van der Waals surface area contributed by atoms with Crippen LogP contribution in [-0.4, -0.2) is 37.2 Å². The average molecular weight is 326 g/mol. The van der Waals surface area contributed by atoms with Gasteiger partial charge in [-0.2, -0.15) is 0 Å². The van der Waals surface area contributed by atoms with Crippen molar-refractivity contribution in [2.75, 3.05) is 20.4 Å². The largest absolute Gasteiger partial charge is 0.454 e. The van der Waals surface area contributed by atoms with Gasteiger partial charge < -0.3 is 20.1 Å². The van der Waals surface area contributed by atoms with Crippen molar-refractivity contribution in [3.8, 4) is 11.5 Å². The third kappa shape index (κ3) is 3.36. The zero-order valence-corrected chi connectivity index (χ0v) is 13.8. The van der Waals surface area contributed by atoms with Crippen molar-refractivity contribution in [3.63, 3.8) is 0 Å². The number of hydrogen-bond donors (Lipinski definition) is 1. The van der Waals surface area contributed by atoms with Crippen LogP contribution in [-0.2, 0) is 6.42 Å². The van der Waals surface area contributed by atoms with Crippen molar-refractivity contribution in [3.05, 3.63) is 59.7 Å². The first-order chi connectivity index (χ1) is 11.7. The Bertz CT molecular complexity index is 703. The van der Waals surface area contributed by atoms with E-state index in [1.165, 1.54) is 5.56 Å². The van der Waals surface area contributed by atoms with Crippen LogP contribution in [0.15, 0.2) is 48.5 Å². The number of carbonyl (C=O) groups excluding carboxylic acids is 1. The molecular formula is C19H22N2O3. The predicted octanol–water partition coefficient (Wildman–Crippen LogP) is 2.45. The second kappa shape index (κ2) is 7.36. The van der Waals surface area contributed by atoms with Crippen LogP contribution in [0.25, 0.3) is 0 Å². The molecule has 0 radical (unpaired) electrons. The van der Waals surface area contributed by atoms with E-state index >= 15 is 0 Å². The van der Waals surface area contributed by atoms with E-state index in [4.69, 9.17) is 15.2 Å². The van der Waals surface area contributed by atoms with Crippen LogP contribution in [0.5, 0.6) is 11.5 Å². The molecular weight excluding hydrogens is 304 g/mol. The Labute approximate surface area is 142 Å².